The molecule has 2 aromatic carbocycles. The van der Waals surface area contributed by atoms with Gasteiger partial charge >= 0.3 is 35.9 Å². The number of benzene rings is 2. The highest BCUT2D eigenvalue weighted by Gasteiger charge is 2.53. The molecular formula is C32H35NO14. The molecule has 1 aliphatic carbocycles. The van der Waals surface area contributed by atoms with Gasteiger partial charge in [0.15, 0.2) is 30.6 Å². The molecule has 47 heavy (non-hydrogen) atoms. The molecule has 2 N–H and O–H groups in total. The Hall–Kier alpha value is -5.02. The zero-order valence-electron chi connectivity index (χ0n) is 26.0. The van der Waals surface area contributed by atoms with Crippen molar-refractivity contribution in [1.29, 1.82) is 0 Å². The number of fused-ring (bicyclic) bond motifs is 3. The fraction of sp³-hybridized carbons (Fsp3) is 0.438. The summed E-state index contributed by atoms with van der Waals surface area (Å²) in [7, 11) is 0. The fourth-order valence-corrected chi connectivity index (χ4v) is 5.47. The Morgan fingerprint density at radius 2 is 1.26 bits per heavy atom. The number of ether oxygens (including phenoxy) is 7. The molecule has 1 aliphatic heterocycles. The quantitative estimate of drug-likeness (QED) is 0.248. The first-order chi connectivity index (χ1) is 22.3. The first-order valence-electron chi connectivity index (χ1n) is 14.6. The number of alkyl carbamates (subject to hydrolysis) is 1. The molecule has 4 rings (SSSR count). The number of amides is 1. The van der Waals surface area contributed by atoms with Gasteiger partial charge in [0.2, 0.25) is 0 Å². The third-order valence-corrected chi connectivity index (χ3v) is 7.31. The topological polar surface area (TPSA) is 199 Å². The Morgan fingerprint density at radius 3 is 1.79 bits per heavy atom. The van der Waals surface area contributed by atoms with E-state index in [4.69, 9.17) is 33.2 Å². The highest BCUT2D eigenvalue weighted by atomic mass is 16.7. The largest absolute Gasteiger partial charge is 0.480 e. The summed E-state index contributed by atoms with van der Waals surface area (Å²) in [5.74, 6) is -5.01. The second-order valence-electron chi connectivity index (χ2n) is 10.8. The van der Waals surface area contributed by atoms with Crippen LogP contribution in [-0.2, 0) is 57.1 Å². The highest BCUT2D eigenvalue weighted by molar-refractivity contribution is 5.81. The van der Waals surface area contributed by atoms with Crippen LogP contribution in [0, 0.1) is 0 Å². The maximum absolute atomic E-state index is 12.8. The zero-order valence-corrected chi connectivity index (χ0v) is 26.0. The number of aliphatic carboxylic acids is 1. The molecule has 1 heterocycles. The molecule has 15 nitrogen and oxygen atoms in total. The molecule has 6 atom stereocenters. The monoisotopic (exact) mass is 657 g/mol. The van der Waals surface area contributed by atoms with Gasteiger partial charge in [-0.15, -0.1) is 0 Å². The number of rotatable bonds is 12. The summed E-state index contributed by atoms with van der Waals surface area (Å²) in [5, 5.41) is 12.1. The van der Waals surface area contributed by atoms with Crippen molar-refractivity contribution in [2.45, 2.75) is 70.4 Å². The molecule has 2 aliphatic rings. The minimum Gasteiger partial charge on any atom is -0.480 e. The lowest BCUT2D eigenvalue weighted by Crippen LogP contribution is -2.63. The lowest BCUT2D eigenvalue weighted by molar-refractivity contribution is -0.308. The smallest absolute Gasteiger partial charge is 0.407 e. The number of carboxylic acid groups (broad SMARTS) is 1. The van der Waals surface area contributed by atoms with Gasteiger partial charge in [-0.1, -0.05) is 48.5 Å². The standard InChI is InChI=1S/C32H35NO14/c1-16(34)41-15-26-27(44-17(2)35)28(45-18(3)36)29(46-19(4)37)31(47-26)42-14-25(30(38)39)33-32(40)43-13-24-22-11-7-5-9-20(22)21-10-6-8-12-23(21)24/h5-12,24-29,31H,13-15H2,1-4H3,(H,33,40)(H,38,39)/t25-,26+,27+,28-,29-,31-/m0/s1. The second kappa shape index (κ2) is 15.5. The Morgan fingerprint density at radius 1 is 0.723 bits per heavy atom. The third-order valence-electron chi connectivity index (χ3n) is 7.31. The van der Waals surface area contributed by atoms with Crippen molar-refractivity contribution in [3.05, 3.63) is 59.7 Å². The zero-order chi connectivity index (χ0) is 34.2. The molecule has 0 spiro atoms. The number of esters is 4. The normalized spacial score (nSPS) is 22.1. The van der Waals surface area contributed by atoms with Crippen LogP contribution in [0.15, 0.2) is 48.5 Å². The van der Waals surface area contributed by atoms with E-state index in [9.17, 15) is 33.9 Å². The van der Waals surface area contributed by atoms with Crippen molar-refractivity contribution in [2.75, 3.05) is 19.8 Å². The van der Waals surface area contributed by atoms with Crippen LogP contribution < -0.4 is 5.32 Å². The predicted molar refractivity (Wildman–Crippen MR) is 158 cm³/mol. The maximum atomic E-state index is 12.8. The van der Waals surface area contributed by atoms with E-state index in [-0.39, 0.29) is 12.5 Å². The van der Waals surface area contributed by atoms with E-state index in [1.54, 1.807) is 0 Å². The van der Waals surface area contributed by atoms with E-state index >= 15 is 0 Å². The van der Waals surface area contributed by atoms with Crippen LogP contribution in [0.3, 0.4) is 0 Å². The van der Waals surface area contributed by atoms with E-state index in [2.05, 4.69) is 5.32 Å². The van der Waals surface area contributed by atoms with E-state index in [1.165, 1.54) is 0 Å². The lowest BCUT2D eigenvalue weighted by Gasteiger charge is -2.44. The summed E-state index contributed by atoms with van der Waals surface area (Å²) < 4.78 is 37.9. The summed E-state index contributed by atoms with van der Waals surface area (Å²) in [6, 6.07) is 13.7. The van der Waals surface area contributed by atoms with Gasteiger partial charge in [-0.25, -0.2) is 9.59 Å². The summed E-state index contributed by atoms with van der Waals surface area (Å²) in [5.41, 5.74) is 3.95. The van der Waals surface area contributed by atoms with Crippen molar-refractivity contribution >= 4 is 35.9 Å². The molecule has 15 heteroatoms. The number of carboxylic acids is 1. The molecule has 1 amide bonds. The molecule has 1 fully saturated rings. The summed E-state index contributed by atoms with van der Waals surface area (Å²) in [6.45, 7) is 2.98. The summed E-state index contributed by atoms with van der Waals surface area (Å²) in [6.07, 6.45) is -8.49. The molecule has 2 aromatic rings. The Balaban J connectivity index is 1.48. The Labute approximate surface area is 269 Å². The number of hydrogen-bond acceptors (Lipinski definition) is 13. The van der Waals surface area contributed by atoms with Crippen molar-refractivity contribution in [1.82, 2.24) is 5.32 Å². The summed E-state index contributed by atoms with van der Waals surface area (Å²) in [4.78, 5) is 72.4. The van der Waals surface area contributed by atoms with Gasteiger partial charge in [0.1, 0.15) is 19.3 Å². The van der Waals surface area contributed by atoms with Gasteiger partial charge in [-0.3, -0.25) is 19.2 Å². The van der Waals surface area contributed by atoms with Crippen LogP contribution >= 0.6 is 0 Å². The lowest BCUT2D eigenvalue weighted by atomic mass is 9.98. The predicted octanol–water partition coefficient (Wildman–Crippen LogP) is 2.08. The SMILES string of the molecule is CC(=O)OC[C@H]1O[C@H](OC[C@H](NC(=O)OCC2c3ccccc3-c3ccccc32)C(=O)O)[C@@H](OC(C)=O)[C@@H](OC(C)=O)[C@@H]1OC(C)=O. The van der Waals surface area contributed by atoms with Gasteiger partial charge in [0.25, 0.3) is 0 Å². The number of nitrogens with one attached hydrogen (secondary N) is 1. The van der Waals surface area contributed by atoms with Crippen LogP contribution in [0.5, 0.6) is 0 Å². The Kier molecular flexibility index (Phi) is 11.5. The minimum atomic E-state index is -1.68. The molecule has 1 saturated heterocycles. The van der Waals surface area contributed by atoms with Crippen molar-refractivity contribution in [3.63, 3.8) is 0 Å². The molecule has 0 saturated carbocycles. The molecule has 0 aromatic heterocycles. The van der Waals surface area contributed by atoms with Crippen LogP contribution in [0.2, 0.25) is 0 Å². The van der Waals surface area contributed by atoms with E-state index in [0.717, 1.165) is 49.9 Å². The number of carbonyl (C=O) groups is 6. The molecule has 0 bridgehead atoms. The third kappa shape index (κ3) is 8.83. The highest BCUT2D eigenvalue weighted by Crippen LogP contribution is 2.44. The molecule has 0 radical (unpaired) electrons. The molecule has 252 valence electrons. The van der Waals surface area contributed by atoms with Crippen molar-refractivity contribution in [3.8, 4) is 11.1 Å². The second-order valence-corrected chi connectivity index (χ2v) is 10.8. The Bertz CT molecular complexity index is 1460. The van der Waals surface area contributed by atoms with Gasteiger partial charge in [-0.05, 0) is 22.3 Å². The fourth-order valence-electron chi connectivity index (χ4n) is 5.47. The maximum Gasteiger partial charge on any atom is 0.407 e. The van der Waals surface area contributed by atoms with Gasteiger partial charge in [-0.2, -0.15) is 0 Å². The van der Waals surface area contributed by atoms with Crippen LogP contribution in [0.1, 0.15) is 44.7 Å². The minimum absolute atomic E-state index is 0.0766. The van der Waals surface area contributed by atoms with Crippen LogP contribution in [-0.4, -0.2) is 97.6 Å². The molecule has 0 unspecified atom stereocenters. The van der Waals surface area contributed by atoms with E-state index < -0.39 is 85.9 Å². The van der Waals surface area contributed by atoms with Crippen molar-refractivity contribution in [2.24, 2.45) is 0 Å². The average molecular weight is 658 g/mol. The summed E-state index contributed by atoms with van der Waals surface area (Å²) >= 11 is 0. The van der Waals surface area contributed by atoms with E-state index in [1.807, 2.05) is 48.5 Å². The molecular weight excluding hydrogens is 622 g/mol. The first-order valence-corrected chi connectivity index (χ1v) is 14.6. The van der Waals surface area contributed by atoms with Gasteiger partial charge in [0, 0.05) is 33.6 Å². The first kappa shape index (κ1) is 34.8. The van der Waals surface area contributed by atoms with Crippen LogP contribution in [0.4, 0.5) is 4.79 Å². The number of hydrogen-bond donors (Lipinski definition) is 2. The van der Waals surface area contributed by atoms with Gasteiger partial charge in [0.05, 0.1) is 6.61 Å². The van der Waals surface area contributed by atoms with Crippen LogP contribution in [0.25, 0.3) is 11.1 Å². The number of carbonyl (C=O) groups excluding carboxylic acids is 5. The van der Waals surface area contributed by atoms with E-state index in [0.29, 0.717) is 0 Å². The van der Waals surface area contributed by atoms with Crippen molar-refractivity contribution < 1.29 is 67.0 Å². The average Bonchev–Trinajstić information content (AvgIpc) is 3.32. The van der Waals surface area contributed by atoms with Gasteiger partial charge < -0.3 is 43.6 Å².